The zero-order chi connectivity index (χ0) is 13.8. The molecule has 6 nitrogen and oxygen atoms in total. The van der Waals surface area contributed by atoms with E-state index < -0.39 is 0 Å². The molecule has 0 aromatic carbocycles. The van der Waals surface area contributed by atoms with Gasteiger partial charge in [-0.05, 0) is 30.2 Å². The van der Waals surface area contributed by atoms with Crippen LogP contribution in [0.15, 0.2) is 18.3 Å². The fraction of sp³-hybridized carbons (Fsp3) is 0.571. The van der Waals surface area contributed by atoms with Gasteiger partial charge < -0.3 is 4.84 Å². The smallest absolute Gasteiger partial charge is 0.219 e. The molecular weight excluding hydrogens is 254 g/mol. The van der Waals surface area contributed by atoms with Crippen molar-refractivity contribution >= 4 is 11.2 Å². The number of hydrogen-bond acceptors (Lipinski definition) is 5. The highest BCUT2D eigenvalue weighted by atomic mass is 16.7. The molecule has 1 aliphatic carbocycles. The van der Waals surface area contributed by atoms with E-state index in [-0.39, 0.29) is 5.41 Å². The molecule has 0 radical (unpaired) electrons. The summed E-state index contributed by atoms with van der Waals surface area (Å²) >= 11 is 0. The maximum absolute atomic E-state index is 9.42. The highest BCUT2D eigenvalue weighted by Crippen LogP contribution is 2.38. The summed E-state index contributed by atoms with van der Waals surface area (Å²) in [6.07, 6.45) is 7.89. The highest BCUT2D eigenvalue weighted by molar-refractivity contribution is 5.68. The Hall–Kier alpha value is -2.16. The number of nitrogens with zero attached hydrogens (tertiary/aromatic N) is 5. The first-order valence-corrected chi connectivity index (χ1v) is 7.04. The lowest BCUT2D eigenvalue weighted by Crippen LogP contribution is -2.27. The van der Waals surface area contributed by atoms with Crippen LogP contribution in [0.4, 0.5) is 0 Å². The predicted octanol–water partition coefficient (Wildman–Crippen LogP) is 2.12. The molecular formula is C14H17N5O. The molecule has 0 atom stereocenters. The molecule has 0 spiro atoms. The second kappa shape index (κ2) is 5.45. The van der Waals surface area contributed by atoms with Crippen molar-refractivity contribution in [3.8, 4) is 6.07 Å². The van der Waals surface area contributed by atoms with Gasteiger partial charge in [0.2, 0.25) is 5.65 Å². The fourth-order valence-corrected chi connectivity index (χ4v) is 2.81. The molecule has 0 unspecified atom stereocenters. The first kappa shape index (κ1) is 12.9. The van der Waals surface area contributed by atoms with Gasteiger partial charge in [0, 0.05) is 12.6 Å². The number of fused-ring (bicyclic) bond motifs is 1. The van der Waals surface area contributed by atoms with Crippen LogP contribution in [0.5, 0.6) is 0 Å². The lowest BCUT2D eigenvalue weighted by atomic mass is 9.73. The molecule has 0 saturated heterocycles. The van der Waals surface area contributed by atoms with E-state index in [1.165, 1.54) is 11.3 Å². The molecule has 1 aliphatic rings. The third-order valence-corrected chi connectivity index (χ3v) is 4.02. The van der Waals surface area contributed by atoms with Crippen LogP contribution in [0.1, 0.15) is 38.5 Å². The Bertz CT molecular complexity index is 624. The van der Waals surface area contributed by atoms with Gasteiger partial charge in [-0.15, -0.1) is 5.10 Å². The molecule has 0 amide bonds. The van der Waals surface area contributed by atoms with E-state index >= 15 is 0 Å². The van der Waals surface area contributed by atoms with E-state index in [4.69, 9.17) is 4.84 Å². The molecule has 6 heteroatoms. The molecule has 1 saturated carbocycles. The maximum Gasteiger partial charge on any atom is 0.219 e. The second-order valence-corrected chi connectivity index (χ2v) is 5.34. The summed E-state index contributed by atoms with van der Waals surface area (Å²) < 4.78 is 0. The third-order valence-electron chi connectivity index (χ3n) is 4.02. The quantitative estimate of drug-likeness (QED) is 0.851. The molecule has 104 valence electrons. The van der Waals surface area contributed by atoms with E-state index in [1.807, 2.05) is 12.1 Å². The summed E-state index contributed by atoms with van der Waals surface area (Å²) in [5.41, 5.74) is 1.10. The lowest BCUT2D eigenvalue weighted by molar-refractivity contribution is 0.0612. The van der Waals surface area contributed by atoms with Crippen LogP contribution in [0, 0.1) is 16.7 Å². The first-order chi connectivity index (χ1) is 9.83. The zero-order valence-corrected chi connectivity index (χ0v) is 11.3. The van der Waals surface area contributed by atoms with Crippen molar-refractivity contribution in [2.75, 3.05) is 6.61 Å². The van der Waals surface area contributed by atoms with Gasteiger partial charge in [-0.25, -0.2) is 4.98 Å². The Morgan fingerprint density at radius 2 is 2.20 bits per heavy atom. The van der Waals surface area contributed by atoms with Gasteiger partial charge in [0.1, 0.15) is 12.1 Å². The largest absolute Gasteiger partial charge is 0.394 e. The van der Waals surface area contributed by atoms with Crippen LogP contribution in [-0.2, 0) is 0 Å². The Labute approximate surface area is 117 Å². The van der Waals surface area contributed by atoms with Crippen LogP contribution in [0.2, 0.25) is 0 Å². The van der Waals surface area contributed by atoms with Gasteiger partial charge >= 0.3 is 0 Å². The minimum absolute atomic E-state index is 0.220. The predicted molar refractivity (Wildman–Crippen MR) is 72.5 cm³/mol. The standard InChI is InChI=1S/C14H17N5O/c15-11-14(6-2-1-3-7-14)8-10-20-19-13-12(17-18-19)5-4-9-16-13/h4-5,9H,1-3,6-8,10H2. The number of aromatic nitrogens is 4. The topological polar surface area (TPSA) is 76.6 Å². The van der Waals surface area contributed by atoms with Crippen molar-refractivity contribution < 1.29 is 4.84 Å². The SMILES string of the molecule is N#CC1(CCOn2nnc3cccnc32)CCCCC1. The molecule has 20 heavy (non-hydrogen) atoms. The van der Waals surface area contributed by atoms with E-state index in [1.54, 1.807) is 6.20 Å². The van der Waals surface area contributed by atoms with Crippen LogP contribution in [0.25, 0.3) is 11.2 Å². The van der Waals surface area contributed by atoms with Crippen LogP contribution in [0.3, 0.4) is 0 Å². The molecule has 3 rings (SSSR count). The minimum Gasteiger partial charge on any atom is -0.394 e. The Balaban J connectivity index is 1.63. The monoisotopic (exact) mass is 271 g/mol. The Morgan fingerprint density at radius 1 is 1.35 bits per heavy atom. The number of rotatable bonds is 4. The first-order valence-electron chi connectivity index (χ1n) is 7.04. The van der Waals surface area contributed by atoms with Crippen LogP contribution in [-0.4, -0.2) is 26.7 Å². The van der Waals surface area contributed by atoms with E-state index in [9.17, 15) is 5.26 Å². The molecule has 0 aliphatic heterocycles. The van der Waals surface area contributed by atoms with Gasteiger partial charge in [-0.2, -0.15) is 5.26 Å². The molecule has 2 aromatic rings. The fourth-order valence-electron chi connectivity index (χ4n) is 2.81. The summed E-state index contributed by atoms with van der Waals surface area (Å²) in [4.78, 5) is 11.2. The molecule has 1 fully saturated rings. The summed E-state index contributed by atoms with van der Waals surface area (Å²) in [7, 11) is 0. The molecule has 2 heterocycles. The summed E-state index contributed by atoms with van der Waals surface area (Å²) in [6, 6.07) is 6.15. The summed E-state index contributed by atoms with van der Waals surface area (Å²) in [5, 5.41) is 17.3. The maximum atomic E-state index is 9.42. The lowest BCUT2D eigenvalue weighted by Gasteiger charge is -2.30. The van der Waals surface area contributed by atoms with E-state index in [0.717, 1.165) is 32.1 Å². The number of pyridine rings is 1. The average Bonchev–Trinajstić information content (AvgIpc) is 2.92. The average molecular weight is 271 g/mol. The van der Waals surface area contributed by atoms with Crippen molar-refractivity contribution in [2.24, 2.45) is 5.41 Å². The van der Waals surface area contributed by atoms with E-state index in [0.29, 0.717) is 17.8 Å². The van der Waals surface area contributed by atoms with Crippen molar-refractivity contribution in [1.29, 1.82) is 5.26 Å². The van der Waals surface area contributed by atoms with Gasteiger partial charge in [-0.1, -0.05) is 24.1 Å². The van der Waals surface area contributed by atoms with Crippen molar-refractivity contribution in [1.82, 2.24) is 20.1 Å². The molecule has 0 N–H and O–H groups in total. The van der Waals surface area contributed by atoms with Crippen molar-refractivity contribution in [2.45, 2.75) is 38.5 Å². The van der Waals surface area contributed by atoms with Gasteiger partial charge in [-0.3, -0.25) is 0 Å². The van der Waals surface area contributed by atoms with Gasteiger partial charge in [0.15, 0.2) is 0 Å². The minimum atomic E-state index is -0.220. The third kappa shape index (κ3) is 2.44. The Kier molecular flexibility index (Phi) is 3.50. The molecule has 2 aromatic heterocycles. The second-order valence-electron chi connectivity index (χ2n) is 5.34. The molecule has 0 bridgehead atoms. The number of nitriles is 1. The van der Waals surface area contributed by atoms with Crippen molar-refractivity contribution in [3.63, 3.8) is 0 Å². The summed E-state index contributed by atoms with van der Waals surface area (Å²) in [6.45, 7) is 0.461. The van der Waals surface area contributed by atoms with Gasteiger partial charge in [0.05, 0.1) is 11.5 Å². The van der Waals surface area contributed by atoms with Crippen LogP contribution >= 0.6 is 0 Å². The zero-order valence-electron chi connectivity index (χ0n) is 11.3. The summed E-state index contributed by atoms with van der Waals surface area (Å²) in [5.74, 6) is 0. The highest BCUT2D eigenvalue weighted by Gasteiger charge is 2.32. The normalized spacial score (nSPS) is 17.8. The number of hydrogen-bond donors (Lipinski definition) is 0. The van der Waals surface area contributed by atoms with Crippen molar-refractivity contribution in [3.05, 3.63) is 18.3 Å². The Morgan fingerprint density at radius 3 is 3.00 bits per heavy atom. The van der Waals surface area contributed by atoms with Gasteiger partial charge in [0.25, 0.3) is 0 Å². The van der Waals surface area contributed by atoms with Crippen LogP contribution < -0.4 is 4.84 Å². The van der Waals surface area contributed by atoms with E-state index in [2.05, 4.69) is 21.4 Å².